The fourth-order valence-electron chi connectivity index (χ4n) is 2.28. The first-order valence-corrected chi connectivity index (χ1v) is 8.30. The third-order valence-corrected chi connectivity index (χ3v) is 5.52. The summed E-state index contributed by atoms with van der Waals surface area (Å²) in [5.41, 5.74) is 0.978. The Morgan fingerprint density at radius 1 is 1.10 bits per heavy atom. The maximum Gasteiger partial charge on any atom is 0.281 e. The van der Waals surface area contributed by atoms with Crippen molar-refractivity contribution in [1.82, 2.24) is 13.5 Å². The second-order valence-corrected chi connectivity index (χ2v) is 7.37. The van der Waals surface area contributed by atoms with Gasteiger partial charge >= 0.3 is 0 Å². The second kappa shape index (κ2) is 6.55. The zero-order chi connectivity index (χ0) is 15.5. The third kappa shape index (κ3) is 3.81. The number of benzene rings is 1. The van der Waals surface area contributed by atoms with Crippen LogP contribution in [0.4, 0.5) is 0 Å². The van der Waals surface area contributed by atoms with E-state index in [0.717, 1.165) is 5.56 Å². The SMILES string of the molecule is CN(C)S(=O)(=O)N1CCN(C(=O)Cc2ccccc2)CC1. The highest BCUT2D eigenvalue weighted by Gasteiger charge is 2.29. The van der Waals surface area contributed by atoms with Crippen LogP contribution in [0.2, 0.25) is 0 Å². The van der Waals surface area contributed by atoms with Crippen LogP contribution in [0, 0.1) is 0 Å². The zero-order valence-electron chi connectivity index (χ0n) is 12.4. The molecule has 116 valence electrons. The Hall–Kier alpha value is -1.44. The number of rotatable bonds is 4. The molecule has 0 spiro atoms. The fourth-order valence-corrected chi connectivity index (χ4v) is 3.37. The molecule has 0 atom stereocenters. The van der Waals surface area contributed by atoms with Gasteiger partial charge in [0.25, 0.3) is 10.2 Å². The van der Waals surface area contributed by atoms with Gasteiger partial charge < -0.3 is 4.90 Å². The second-order valence-electron chi connectivity index (χ2n) is 5.23. The monoisotopic (exact) mass is 311 g/mol. The predicted octanol–water partition coefficient (Wildman–Crippen LogP) is 0.180. The van der Waals surface area contributed by atoms with Crippen LogP contribution in [0.3, 0.4) is 0 Å². The lowest BCUT2D eigenvalue weighted by atomic mass is 10.1. The van der Waals surface area contributed by atoms with Crippen LogP contribution in [0.1, 0.15) is 5.56 Å². The van der Waals surface area contributed by atoms with E-state index < -0.39 is 10.2 Å². The summed E-state index contributed by atoms with van der Waals surface area (Å²) in [4.78, 5) is 13.9. The molecule has 0 saturated carbocycles. The van der Waals surface area contributed by atoms with E-state index in [9.17, 15) is 13.2 Å². The van der Waals surface area contributed by atoms with E-state index in [-0.39, 0.29) is 5.91 Å². The molecule has 0 bridgehead atoms. The van der Waals surface area contributed by atoms with Gasteiger partial charge in [0.1, 0.15) is 0 Å². The van der Waals surface area contributed by atoms with E-state index in [1.54, 1.807) is 4.90 Å². The first-order valence-electron chi connectivity index (χ1n) is 6.90. The summed E-state index contributed by atoms with van der Waals surface area (Å²) in [5.74, 6) is 0.0445. The molecule has 1 aliphatic rings. The molecule has 1 aromatic rings. The van der Waals surface area contributed by atoms with Gasteiger partial charge in [0.05, 0.1) is 6.42 Å². The normalized spacial score (nSPS) is 17.2. The highest BCUT2D eigenvalue weighted by Crippen LogP contribution is 2.11. The van der Waals surface area contributed by atoms with E-state index >= 15 is 0 Å². The molecule has 1 saturated heterocycles. The molecule has 6 nitrogen and oxygen atoms in total. The summed E-state index contributed by atoms with van der Waals surface area (Å²) >= 11 is 0. The van der Waals surface area contributed by atoms with E-state index in [1.807, 2.05) is 30.3 Å². The quantitative estimate of drug-likeness (QED) is 0.797. The Kier molecular flexibility index (Phi) is 4.97. The minimum atomic E-state index is -3.38. The van der Waals surface area contributed by atoms with Crippen LogP contribution in [0.5, 0.6) is 0 Å². The van der Waals surface area contributed by atoms with Gasteiger partial charge in [-0.1, -0.05) is 30.3 Å². The van der Waals surface area contributed by atoms with E-state index in [1.165, 1.54) is 22.7 Å². The summed E-state index contributed by atoms with van der Waals surface area (Å²) in [5, 5.41) is 0. The van der Waals surface area contributed by atoms with Crippen LogP contribution in [-0.4, -0.2) is 68.1 Å². The topological polar surface area (TPSA) is 60.9 Å². The largest absolute Gasteiger partial charge is 0.340 e. The van der Waals surface area contributed by atoms with E-state index in [0.29, 0.717) is 32.6 Å². The van der Waals surface area contributed by atoms with E-state index in [4.69, 9.17) is 0 Å². The van der Waals surface area contributed by atoms with Crippen LogP contribution < -0.4 is 0 Å². The Morgan fingerprint density at radius 3 is 2.19 bits per heavy atom. The average molecular weight is 311 g/mol. The molecule has 2 rings (SSSR count). The molecule has 0 aromatic heterocycles. The van der Waals surface area contributed by atoms with Gasteiger partial charge in [0.15, 0.2) is 0 Å². The van der Waals surface area contributed by atoms with Crippen molar-refractivity contribution in [2.45, 2.75) is 6.42 Å². The maximum absolute atomic E-state index is 12.2. The van der Waals surface area contributed by atoms with Crippen molar-refractivity contribution < 1.29 is 13.2 Å². The van der Waals surface area contributed by atoms with Gasteiger partial charge in [-0.15, -0.1) is 0 Å². The smallest absolute Gasteiger partial charge is 0.281 e. The number of hydrogen-bond donors (Lipinski definition) is 0. The molecule has 1 aliphatic heterocycles. The third-order valence-electron chi connectivity index (χ3n) is 3.58. The molecule has 0 N–H and O–H groups in total. The lowest BCUT2D eigenvalue weighted by molar-refractivity contribution is -0.131. The first kappa shape index (κ1) is 15.9. The number of carbonyl (C=O) groups excluding carboxylic acids is 1. The zero-order valence-corrected chi connectivity index (χ0v) is 13.2. The highest BCUT2D eigenvalue weighted by molar-refractivity contribution is 7.86. The summed E-state index contributed by atoms with van der Waals surface area (Å²) in [6.45, 7) is 1.58. The molecular weight excluding hydrogens is 290 g/mol. The summed E-state index contributed by atoms with van der Waals surface area (Å²) in [6, 6.07) is 9.57. The van der Waals surface area contributed by atoms with Crippen molar-refractivity contribution >= 4 is 16.1 Å². The predicted molar refractivity (Wildman–Crippen MR) is 80.9 cm³/mol. The molecule has 1 heterocycles. The maximum atomic E-state index is 12.2. The first-order chi connectivity index (χ1) is 9.91. The average Bonchev–Trinajstić information content (AvgIpc) is 2.48. The minimum Gasteiger partial charge on any atom is -0.340 e. The molecule has 1 fully saturated rings. The van der Waals surface area contributed by atoms with Crippen molar-refractivity contribution in [2.75, 3.05) is 40.3 Å². The van der Waals surface area contributed by atoms with Gasteiger partial charge in [0.2, 0.25) is 5.91 Å². The summed E-state index contributed by atoms with van der Waals surface area (Å²) in [7, 11) is -0.347. The van der Waals surface area contributed by atoms with Crippen molar-refractivity contribution in [3.8, 4) is 0 Å². The Balaban J connectivity index is 1.91. The van der Waals surface area contributed by atoms with Gasteiger partial charge in [0, 0.05) is 40.3 Å². The van der Waals surface area contributed by atoms with Gasteiger partial charge in [-0.25, -0.2) is 0 Å². The number of piperazine rings is 1. The summed E-state index contributed by atoms with van der Waals surface area (Å²) < 4.78 is 26.6. The standard InChI is InChI=1S/C14H21N3O3S/c1-15(2)21(19,20)17-10-8-16(9-11-17)14(18)12-13-6-4-3-5-7-13/h3-7H,8-12H2,1-2H3. The molecule has 7 heteroatoms. The van der Waals surface area contributed by atoms with Crippen LogP contribution >= 0.6 is 0 Å². The number of hydrogen-bond acceptors (Lipinski definition) is 3. The lowest BCUT2D eigenvalue weighted by Gasteiger charge is -2.35. The van der Waals surface area contributed by atoms with E-state index in [2.05, 4.69) is 0 Å². The van der Waals surface area contributed by atoms with Crippen LogP contribution in [-0.2, 0) is 21.4 Å². The highest BCUT2D eigenvalue weighted by atomic mass is 32.2. The van der Waals surface area contributed by atoms with Crippen LogP contribution in [0.15, 0.2) is 30.3 Å². The Labute approximate surface area is 126 Å². The van der Waals surface area contributed by atoms with Gasteiger partial charge in [-0.3, -0.25) is 4.79 Å². The number of carbonyl (C=O) groups is 1. The Morgan fingerprint density at radius 2 is 1.67 bits per heavy atom. The molecule has 1 amide bonds. The van der Waals surface area contributed by atoms with Crippen molar-refractivity contribution in [3.63, 3.8) is 0 Å². The van der Waals surface area contributed by atoms with Crippen molar-refractivity contribution in [3.05, 3.63) is 35.9 Å². The van der Waals surface area contributed by atoms with Crippen molar-refractivity contribution in [2.24, 2.45) is 0 Å². The fraction of sp³-hybridized carbons (Fsp3) is 0.500. The number of nitrogens with zero attached hydrogens (tertiary/aromatic N) is 3. The minimum absolute atomic E-state index is 0.0445. The van der Waals surface area contributed by atoms with Gasteiger partial charge in [-0.2, -0.15) is 17.0 Å². The molecular formula is C14H21N3O3S. The molecule has 1 aromatic carbocycles. The molecule has 21 heavy (non-hydrogen) atoms. The van der Waals surface area contributed by atoms with Gasteiger partial charge in [-0.05, 0) is 5.56 Å². The molecule has 0 unspecified atom stereocenters. The summed E-state index contributed by atoms with van der Waals surface area (Å²) in [6.07, 6.45) is 0.362. The Bertz CT molecular complexity index is 579. The van der Waals surface area contributed by atoms with Crippen LogP contribution in [0.25, 0.3) is 0 Å². The van der Waals surface area contributed by atoms with Crippen molar-refractivity contribution in [1.29, 1.82) is 0 Å². The number of amides is 1. The molecule has 0 aliphatic carbocycles. The lowest BCUT2D eigenvalue weighted by Crippen LogP contribution is -2.53. The molecule has 0 radical (unpaired) electrons.